The van der Waals surface area contributed by atoms with Gasteiger partial charge in [-0.2, -0.15) is 0 Å². The van der Waals surface area contributed by atoms with Crippen LogP contribution in [0.15, 0.2) is 0 Å². The number of hydrogen-bond acceptors (Lipinski definition) is 5. The molecule has 1 atom stereocenters. The number of nitrogens with zero attached hydrogens (tertiary/aromatic N) is 3. The number of fused-ring (bicyclic) bond motifs is 1. The van der Waals surface area contributed by atoms with Gasteiger partial charge in [-0.3, -0.25) is 4.57 Å². The molecule has 1 aliphatic carbocycles. The summed E-state index contributed by atoms with van der Waals surface area (Å²) in [6, 6.07) is 0. The van der Waals surface area contributed by atoms with Crippen molar-refractivity contribution >= 4 is 7.60 Å². The second kappa shape index (κ2) is 6.16. The maximum absolute atomic E-state index is 12.8. The van der Waals surface area contributed by atoms with Crippen molar-refractivity contribution in [3.8, 4) is 0 Å². The Labute approximate surface area is 114 Å². The highest BCUT2D eigenvalue weighted by Crippen LogP contribution is 2.58. The van der Waals surface area contributed by atoms with Crippen LogP contribution in [0.1, 0.15) is 50.8 Å². The zero-order chi connectivity index (χ0) is 13.9. The molecule has 0 fully saturated rings. The smallest absolute Gasteiger partial charge is 0.307 e. The largest absolute Gasteiger partial charge is 0.354 e. The lowest BCUT2D eigenvalue weighted by Crippen LogP contribution is -2.16. The molecule has 19 heavy (non-hydrogen) atoms. The molecule has 6 nitrogen and oxygen atoms in total. The van der Waals surface area contributed by atoms with E-state index in [-0.39, 0.29) is 0 Å². The Kier molecular flexibility index (Phi) is 4.76. The molecule has 1 unspecified atom stereocenters. The summed E-state index contributed by atoms with van der Waals surface area (Å²) in [5, 5.41) is 8.36. The Hall–Kier alpha value is -0.710. The number of aromatic nitrogens is 3. The highest BCUT2D eigenvalue weighted by molar-refractivity contribution is 7.53. The highest BCUT2D eigenvalue weighted by Gasteiger charge is 2.36. The van der Waals surface area contributed by atoms with E-state index in [9.17, 15) is 4.57 Å². The first-order valence-corrected chi connectivity index (χ1v) is 8.55. The van der Waals surface area contributed by atoms with Crippen LogP contribution in [0.2, 0.25) is 0 Å². The van der Waals surface area contributed by atoms with Gasteiger partial charge in [-0.15, -0.1) is 5.10 Å². The van der Waals surface area contributed by atoms with Gasteiger partial charge >= 0.3 is 7.60 Å². The van der Waals surface area contributed by atoms with Crippen molar-refractivity contribution in [1.29, 1.82) is 0 Å². The summed E-state index contributed by atoms with van der Waals surface area (Å²) >= 11 is 0. The molecule has 0 bridgehead atoms. The van der Waals surface area contributed by atoms with Crippen LogP contribution in [0.3, 0.4) is 0 Å². The van der Waals surface area contributed by atoms with Gasteiger partial charge in [0.05, 0.1) is 24.6 Å². The fourth-order valence-electron chi connectivity index (χ4n) is 2.43. The average Bonchev–Trinajstić information content (AvgIpc) is 2.82. The third-order valence-corrected chi connectivity index (χ3v) is 5.75. The van der Waals surface area contributed by atoms with Crippen molar-refractivity contribution in [2.75, 3.05) is 13.2 Å². The molecule has 1 aromatic rings. The standard InChI is InChI=1S/C12H22N3O3P/c1-4-17-19(16,18-5-2)10(3)15-12-9-7-6-8-11(12)13-14-15/h10H,4-9H2,1-3H3. The molecule has 0 saturated carbocycles. The minimum absolute atomic E-state index is 0.360. The Morgan fingerprint density at radius 1 is 1.26 bits per heavy atom. The summed E-state index contributed by atoms with van der Waals surface area (Å²) in [6.45, 7) is 6.18. The summed E-state index contributed by atoms with van der Waals surface area (Å²) in [5.74, 6) is -0.429. The van der Waals surface area contributed by atoms with E-state index in [4.69, 9.17) is 9.05 Å². The number of rotatable bonds is 6. The summed E-state index contributed by atoms with van der Waals surface area (Å²) in [5.41, 5.74) is 2.11. The third kappa shape index (κ3) is 2.91. The highest BCUT2D eigenvalue weighted by atomic mass is 31.2. The minimum Gasteiger partial charge on any atom is -0.307 e. The fraction of sp³-hybridized carbons (Fsp3) is 0.833. The van der Waals surface area contributed by atoms with Crippen LogP contribution in [0.25, 0.3) is 0 Å². The van der Waals surface area contributed by atoms with E-state index in [0.29, 0.717) is 13.2 Å². The van der Waals surface area contributed by atoms with Crippen LogP contribution in [0.4, 0.5) is 0 Å². The van der Waals surface area contributed by atoms with Crippen molar-refractivity contribution in [3.63, 3.8) is 0 Å². The van der Waals surface area contributed by atoms with E-state index in [1.54, 1.807) is 4.68 Å². The Morgan fingerprint density at radius 2 is 1.89 bits per heavy atom. The van der Waals surface area contributed by atoms with Crippen molar-refractivity contribution in [2.45, 2.75) is 52.2 Å². The van der Waals surface area contributed by atoms with Crippen LogP contribution in [0, 0.1) is 0 Å². The molecule has 0 aromatic carbocycles. The number of hydrogen-bond donors (Lipinski definition) is 0. The Bertz CT molecular complexity index is 465. The van der Waals surface area contributed by atoms with Crippen LogP contribution >= 0.6 is 7.60 Å². The van der Waals surface area contributed by atoms with E-state index < -0.39 is 13.4 Å². The van der Waals surface area contributed by atoms with E-state index in [2.05, 4.69) is 10.3 Å². The lowest BCUT2D eigenvalue weighted by atomic mass is 10.0. The van der Waals surface area contributed by atoms with Gasteiger partial charge in [0.25, 0.3) is 0 Å². The monoisotopic (exact) mass is 287 g/mol. The molecule has 0 spiro atoms. The topological polar surface area (TPSA) is 66.2 Å². The van der Waals surface area contributed by atoms with Crippen molar-refractivity contribution < 1.29 is 13.6 Å². The van der Waals surface area contributed by atoms with Gasteiger partial charge in [-0.05, 0) is 46.5 Å². The van der Waals surface area contributed by atoms with Crippen LogP contribution < -0.4 is 0 Å². The SMILES string of the molecule is CCOP(=O)(OCC)C(C)n1nnc2c1CCCC2. The quantitative estimate of drug-likeness (QED) is 0.752. The Balaban J connectivity index is 2.29. The van der Waals surface area contributed by atoms with Crippen molar-refractivity contribution in [2.24, 2.45) is 0 Å². The molecule has 0 aliphatic heterocycles. The van der Waals surface area contributed by atoms with Gasteiger partial charge in [0, 0.05) is 0 Å². The number of aryl methyl sites for hydroxylation is 1. The van der Waals surface area contributed by atoms with Gasteiger partial charge in [0.1, 0.15) is 0 Å². The second-order valence-corrected chi connectivity index (χ2v) is 6.99. The summed E-state index contributed by atoms with van der Waals surface area (Å²) in [6.07, 6.45) is 4.16. The minimum atomic E-state index is -3.19. The van der Waals surface area contributed by atoms with Crippen LogP contribution in [0.5, 0.6) is 0 Å². The second-order valence-electron chi connectivity index (χ2n) is 4.64. The van der Waals surface area contributed by atoms with E-state index in [1.807, 2.05) is 20.8 Å². The molecule has 2 rings (SSSR count). The first-order chi connectivity index (χ1) is 9.12. The molecule has 1 aromatic heterocycles. The van der Waals surface area contributed by atoms with Gasteiger partial charge in [-0.1, -0.05) is 5.21 Å². The lowest BCUT2D eigenvalue weighted by molar-refractivity contribution is 0.203. The van der Waals surface area contributed by atoms with Crippen molar-refractivity contribution in [1.82, 2.24) is 15.0 Å². The van der Waals surface area contributed by atoms with Gasteiger partial charge in [-0.25, -0.2) is 4.68 Å². The molecule has 1 heterocycles. The molecule has 1 aliphatic rings. The fourth-order valence-corrected chi connectivity index (χ4v) is 4.11. The summed E-state index contributed by atoms with van der Waals surface area (Å²) in [7, 11) is -3.19. The van der Waals surface area contributed by atoms with Gasteiger partial charge in [0.15, 0.2) is 5.78 Å². The van der Waals surface area contributed by atoms with E-state index >= 15 is 0 Å². The molecule has 7 heteroatoms. The lowest BCUT2D eigenvalue weighted by Gasteiger charge is -2.25. The summed E-state index contributed by atoms with van der Waals surface area (Å²) < 4.78 is 25.3. The van der Waals surface area contributed by atoms with E-state index in [0.717, 1.165) is 37.1 Å². The maximum atomic E-state index is 12.8. The summed E-state index contributed by atoms with van der Waals surface area (Å²) in [4.78, 5) is 0. The average molecular weight is 287 g/mol. The first kappa shape index (κ1) is 14.7. The normalized spacial score (nSPS) is 17.2. The van der Waals surface area contributed by atoms with Gasteiger partial charge in [0.2, 0.25) is 0 Å². The molecule has 108 valence electrons. The molecule has 0 N–H and O–H groups in total. The molecular formula is C12H22N3O3P. The zero-order valence-corrected chi connectivity index (χ0v) is 12.7. The predicted molar refractivity (Wildman–Crippen MR) is 72.2 cm³/mol. The van der Waals surface area contributed by atoms with Crippen LogP contribution in [-0.4, -0.2) is 28.2 Å². The maximum Gasteiger partial charge on any atom is 0.354 e. The Morgan fingerprint density at radius 3 is 2.53 bits per heavy atom. The molecule has 0 amide bonds. The molecular weight excluding hydrogens is 265 g/mol. The third-order valence-electron chi connectivity index (χ3n) is 3.38. The molecule has 0 radical (unpaired) electrons. The van der Waals surface area contributed by atoms with Crippen molar-refractivity contribution in [3.05, 3.63) is 11.4 Å². The predicted octanol–water partition coefficient (Wildman–Crippen LogP) is 2.94. The first-order valence-electron chi connectivity index (χ1n) is 6.94. The van der Waals surface area contributed by atoms with Crippen LogP contribution in [-0.2, 0) is 26.5 Å². The zero-order valence-electron chi connectivity index (χ0n) is 11.8. The molecule has 0 saturated heterocycles. The van der Waals surface area contributed by atoms with Gasteiger partial charge < -0.3 is 9.05 Å². The van der Waals surface area contributed by atoms with E-state index in [1.165, 1.54) is 0 Å².